The predicted octanol–water partition coefficient (Wildman–Crippen LogP) is 4.12. The molecule has 4 heteroatoms. The predicted molar refractivity (Wildman–Crippen MR) is 82.1 cm³/mol. The highest BCUT2D eigenvalue weighted by atomic mass is 79.9. The number of aryl methyl sites for hydroxylation is 1. The number of thiazole rings is 1. The van der Waals surface area contributed by atoms with Gasteiger partial charge in [-0.1, -0.05) is 41.9 Å². The third-order valence-electron chi connectivity index (χ3n) is 3.01. The van der Waals surface area contributed by atoms with E-state index in [0.717, 1.165) is 20.7 Å². The first-order valence-electron chi connectivity index (χ1n) is 5.88. The minimum atomic E-state index is -0.00460. The smallest absolute Gasteiger partial charge is 0.123 e. The van der Waals surface area contributed by atoms with Crippen LogP contribution in [-0.4, -0.2) is 11.5 Å². The quantitative estimate of drug-likeness (QED) is 0.922. The molecule has 2 aromatic rings. The molecule has 1 aromatic carbocycles. The van der Waals surface area contributed by atoms with Gasteiger partial charge < -0.3 is 5.73 Å². The van der Waals surface area contributed by atoms with Crippen molar-refractivity contribution in [1.29, 1.82) is 0 Å². The fraction of sp³-hybridized carbons (Fsp3) is 0.357. The van der Waals surface area contributed by atoms with Crippen molar-refractivity contribution in [2.75, 3.05) is 6.54 Å². The first-order valence-corrected chi connectivity index (χ1v) is 7.49. The van der Waals surface area contributed by atoms with Gasteiger partial charge in [-0.05, 0) is 19.1 Å². The molecular weight excluding hydrogens is 308 g/mol. The summed E-state index contributed by atoms with van der Waals surface area (Å²) >= 11 is 5.19. The monoisotopic (exact) mass is 324 g/mol. The van der Waals surface area contributed by atoms with E-state index in [9.17, 15) is 0 Å². The van der Waals surface area contributed by atoms with E-state index in [2.05, 4.69) is 53.8 Å². The second kappa shape index (κ2) is 5.11. The maximum absolute atomic E-state index is 5.85. The van der Waals surface area contributed by atoms with Crippen LogP contribution in [0.4, 0.5) is 0 Å². The largest absolute Gasteiger partial charge is 0.330 e. The summed E-state index contributed by atoms with van der Waals surface area (Å²) in [5.74, 6) is 0. The van der Waals surface area contributed by atoms with E-state index in [-0.39, 0.29) is 5.41 Å². The van der Waals surface area contributed by atoms with Crippen molar-refractivity contribution in [3.63, 3.8) is 0 Å². The van der Waals surface area contributed by atoms with Crippen molar-refractivity contribution in [2.24, 2.45) is 5.73 Å². The Balaban J connectivity index is 2.43. The average molecular weight is 325 g/mol. The lowest BCUT2D eigenvalue weighted by molar-refractivity contribution is 0.546. The van der Waals surface area contributed by atoms with Crippen molar-refractivity contribution in [3.8, 4) is 10.6 Å². The summed E-state index contributed by atoms with van der Waals surface area (Å²) in [4.78, 5) is 5.95. The SMILES string of the molecule is Cc1nc(-c2ccc(Br)cc2)sc1C(C)(C)CN. The standard InChI is InChI=1S/C14H17BrN2S/c1-9-12(14(2,3)8-16)18-13(17-9)10-4-6-11(15)7-5-10/h4-7H,8,16H2,1-3H3. The molecule has 0 saturated heterocycles. The Morgan fingerprint density at radius 1 is 1.28 bits per heavy atom. The Kier molecular flexibility index (Phi) is 3.90. The van der Waals surface area contributed by atoms with Gasteiger partial charge in [0.15, 0.2) is 0 Å². The zero-order chi connectivity index (χ0) is 13.3. The number of benzene rings is 1. The van der Waals surface area contributed by atoms with E-state index in [0.29, 0.717) is 6.54 Å². The van der Waals surface area contributed by atoms with Crippen LogP contribution in [-0.2, 0) is 5.41 Å². The first kappa shape index (κ1) is 13.7. The van der Waals surface area contributed by atoms with Crippen LogP contribution in [0.3, 0.4) is 0 Å². The van der Waals surface area contributed by atoms with Crippen LogP contribution >= 0.6 is 27.3 Å². The van der Waals surface area contributed by atoms with Gasteiger partial charge in [0.05, 0.1) is 5.69 Å². The molecular formula is C14H17BrN2S. The Hall–Kier alpha value is -0.710. The van der Waals surface area contributed by atoms with Gasteiger partial charge in [-0.3, -0.25) is 0 Å². The van der Waals surface area contributed by atoms with Gasteiger partial charge in [-0.25, -0.2) is 4.98 Å². The summed E-state index contributed by atoms with van der Waals surface area (Å²) in [6, 6.07) is 8.25. The summed E-state index contributed by atoms with van der Waals surface area (Å²) in [5.41, 5.74) is 8.09. The minimum Gasteiger partial charge on any atom is -0.330 e. The molecule has 0 saturated carbocycles. The molecule has 0 fully saturated rings. The first-order chi connectivity index (χ1) is 8.44. The lowest BCUT2D eigenvalue weighted by atomic mass is 9.91. The van der Waals surface area contributed by atoms with Gasteiger partial charge in [0.25, 0.3) is 0 Å². The molecule has 2 nitrogen and oxygen atoms in total. The Morgan fingerprint density at radius 2 is 1.89 bits per heavy atom. The van der Waals surface area contributed by atoms with E-state index >= 15 is 0 Å². The summed E-state index contributed by atoms with van der Waals surface area (Å²) in [6.07, 6.45) is 0. The number of hydrogen-bond donors (Lipinski definition) is 1. The van der Waals surface area contributed by atoms with Crippen molar-refractivity contribution in [3.05, 3.63) is 39.3 Å². The number of halogens is 1. The summed E-state index contributed by atoms with van der Waals surface area (Å²) in [6.45, 7) is 7.03. The molecule has 0 aliphatic heterocycles. The highest BCUT2D eigenvalue weighted by Crippen LogP contribution is 2.35. The zero-order valence-electron chi connectivity index (χ0n) is 10.8. The fourth-order valence-electron chi connectivity index (χ4n) is 1.83. The van der Waals surface area contributed by atoms with Gasteiger partial charge in [-0.15, -0.1) is 11.3 Å². The Morgan fingerprint density at radius 3 is 2.44 bits per heavy atom. The van der Waals surface area contributed by atoms with Crippen LogP contribution in [0.15, 0.2) is 28.7 Å². The minimum absolute atomic E-state index is 0.00460. The third kappa shape index (κ3) is 2.66. The average Bonchev–Trinajstić information content (AvgIpc) is 2.73. The second-order valence-corrected chi connectivity index (χ2v) is 6.94. The highest BCUT2D eigenvalue weighted by Gasteiger charge is 2.24. The molecule has 96 valence electrons. The Labute approximate surface area is 120 Å². The van der Waals surface area contributed by atoms with Gasteiger partial charge >= 0.3 is 0 Å². The normalized spacial score (nSPS) is 11.8. The van der Waals surface area contributed by atoms with Gasteiger partial charge in [-0.2, -0.15) is 0 Å². The van der Waals surface area contributed by atoms with E-state index in [1.165, 1.54) is 4.88 Å². The fourth-order valence-corrected chi connectivity index (χ4v) is 3.28. The molecule has 0 amide bonds. The maximum Gasteiger partial charge on any atom is 0.123 e. The molecule has 2 rings (SSSR count). The summed E-state index contributed by atoms with van der Waals surface area (Å²) in [5, 5.41) is 1.07. The zero-order valence-corrected chi connectivity index (χ0v) is 13.2. The van der Waals surface area contributed by atoms with Crippen LogP contribution in [0.25, 0.3) is 10.6 Å². The molecule has 2 N–H and O–H groups in total. The Bertz CT molecular complexity index is 543. The number of nitrogens with two attached hydrogens (primary N) is 1. The maximum atomic E-state index is 5.85. The van der Waals surface area contributed by atoms with Gasteiger partial charge in [0, 0.05) is 26.9 Å². The van der Waals surface area contributed by atoms with Crippen molar-refractivity contribution < 1.29 is 0 Å². The molecule has 0 bridgehead atoms. The van der Waals surface area contributed by atoms with E-state index in [1.54, 1.807) is 11.3 Å². The second-order valence-electron chi connectivity index (χ2n) is 5.03. The molecule has 0 radical (unpaired) electrons. The molecule has 1 aromatic heterocycles. The molecule has 18 heavy (non-hydrogen) atoms. The topological polar surface area (TPSA) is 38.9 Å². The summed E-state index contributed by atoms with van der Waals surface area (Å²) in [7, 11) is 0. The van der Waals surface area contributed by atoms with Crippen LogP contribution < -0.4 is 5.73 Å². The number of nitrogens with zero attached hydrogens (tertiary/aromatic N) is 1. The van der Waals surface area contributed by atoms with Crippen molar-refractivity contribution in [1.82, 2.24) is 4.98 Å². The van der Waals surface area contributed by atoms with Gasteiger partial charge in [0.2, 0.25) is 0 Å². The van der Waals surface area contributed by atoms with Crippen molar-refractivity contribution in [2.45, 2.75) is 26.2 Å². The molecule has 0 aliphatic carbocycles. The van der Waals surface area contributed by atoms with Crippen LogP contribution in [0, 0.1) is 6.92 Å². The lowest BCUT2D eigenvalue weighted by Gasteiger charge is -2.20. The van der Waals surface area contributed by atoms with Crippen LogP contribution in [0.1, 0.15) is 24.4 Å². The number of hydrogen-bond acceptors (Lipinski definition) is 3. The molecule has 0 atom stereocenters. The number of aromatic nitrogens is 1. The highest BCUT2D eigenvalue weighted by molar-refractivity contribution is 9.10. The van der Waals surface area contributed by atoms with Crippen LogP contribution in [0.2, 0.25) is 0 Å². The van der Waals surface area contributed by atoms with E-state index in [4.69, 9.17) is 5.73 Å². The molecule has 0 unspecified atom stereocenters. The number of rotatable bonds is 3. The van der Waals surface area contributed by atoms with E-state index < -0.39 is 0 Å². The summed E-state index contributed by atoms with van der Waals surface area (Å²) < 4.78 is 1.09. The van der Waals surface area contributed by atoms with E-state index in [1.807, 2.05) is 12.1 Å². The molecule has 0 spiro atoms. The molecule has 0 aliphatic rings. The third-order valence-corrected chi connectivity index (χ3v) is 5.11. The molecule has 1 heterocycles. The lowest BCUT2D eigenvalue weighted by Crippen LogP contribution is -2.27. The van der Waals surface area contributed by atoms with Gasteiger partial charge in [0.1, 0.15) is 5.01 Å². The van der Waals surface area contributed by atoms with Crippen molar-refractivity contribution >= 4 is 27.3 Å². The van der Waals surface area contributed by atoms with Crippen LogP contribution in [0.5, 0.6) is 0 Å².